The van der Waals surface area contributed by atoms with Gasteiger partial charge >= 0.3 is 0 Å². The topological polar surface area (TPSA) is 83.3 Å². The molecule has 0 amide bonds. The molecule has 0 aliphatic carbocycles. The zero-order valence-corrected chi connectivity index (χ0v) is 7.77. The average molecular weight is 212 g/mol. The second-order valence-electron chi connectivity index (χ2n) is 2.41. The highest BCUT2D eigenvalue weighted by atomic mass is 32.2. The van der Waals surface area contributed by atoms with Gasteiger partial charge in [0.1, 0.15) is 0 Å². The highest BCUT2D eigenvalue weighted by molar-refractivity contribution is 7.82. The van der Waals surface area contributed by atoms with Crippen LogP contribution in [-0.4, -0.2) is 13.7 Å². The van der Waals surface area contributed by atoms with Crippen molar-refractivity contribution in [2.75, 3.05) is 0 Å². The molecule has 0 aliphatic heterocycles. The summed E-state index contributed by atoms with van der Waals surface area (Å²) in [5, 5.41) is 11.2. The largest absolute Gasteiger partial charge is 0.769 e. The number of non-ortho nitro benzene ring substituents is 1. The summed E-state index contributed by atoms with van der Waals surface area (Å²) in [6.07, 6.45) is 1.35. The van der Waals surface area contributed by atoms with Gasteiger partial charge in [0, 0.05) is 12.1 Å². The molecule has 0 radical (unpaired) electrons. The minimum Gasteiger partial charge on any atom is -0.769 e. The van der Waals surface area contributed by atoms with Gasteiger partial charge in [0.15, 0.2) is 0 Å². The number of nitrogens with zero attached hydrogens (tertiary/aromatic N) is 1. The standard InChI is InChI=1S/C8H7NO4S/c10-9(11)8-3-1-7(2-4-8)5-6-14(12)13/h1-6H,(H,12,13)/p-1/b6-5+. The minimum atomic E-state index is -2.24. The maximum absolute atomic E-state index is 10.3. The molecular formula is C8H6NO4S-. The van der Waals surface area contributed by atoms with Crippen LogP contribution in [0.3, 0.4) is 0 Å². The van der Waals surface area contributed by atoms with E-state index in [1.807, 2.05) is 0 Å². The molecule has 0 spiro atoms. The van der Waals surface area contributed by atoms with Gasteiger partial charge in [-0.15, -0.1) is 0 Å². The lowest BCUT2D eigenvalue weighted by atomic mass is 10.2. The van der Waals surface area contributed by atoms with Crippen molar-refractivity contribution in [1.29, 1.82) is 0 Å². The molecule has 14 heavy (non-hydrogen) atoms. The number of nitro benzene ring substituents is 1. The first-order valence-electron chi connectivity index (χ1n) is 3.60. The van der Waals surface area contributed by atoms with Crippen LogP contribution in [0, 0.1) is 10.1 Å². The van der Waals surface area contributed by atoms with Crippen molar-refractivity contribution in [3.63, 3.8) is 0 Å². The third kappa shape index (κ3) is 3.08. The van der Waals surface area contributed by atoms with Crippen LogP contribution in [0.15, 0.2) is 29.7 Å². The van der Waals surface area contributed by atoms with Gasteiger partial charge in [-0.05, 0) is 40.3 Å². The highest BCUT2D eigenvalue weighted by Crippen LogP contribution is 2.12. The molecule has 1 aromatic carbocycles. The molecule has 0 aliphatic rings. The van der Waals surface area contributed by atoms with E-state index in [4.69, 9.17) is 0 Å². The number of hydrogen-bond donors (Lipinski definition) is 0. The predicted octanol–water partition coefficient (Wildman–Crippen LogP) is 1.44. The van der Waals surface area contributed by atoms with Crippen LogP contribution in [0.1, 0.15) is 5.56 Å². The van der Waals surface area contributed by atoms with Crippen LogP contribution in [0.2, 0.25) is 0 Å². The van der Waals surface area contributed by atoms with E-state index in [9.17, 15) is 18.9 Å². The van der Waals surface area contributed by atoms with Crippen LogP contribution in [0.5, 0.6) is 0 Å². The molecule has 0 saturated heterocycles. The number of hydrogen-bond acceptors (Lipinski definition) is 4. The van der Waals surface area contributed by atoms with E-state index in [0.29, 0.717) is 5.56 Å². The van der Waals surface area contributed by atoms with Gasteiger partial charge in [0.05, 0.1) is 4.92 Å². The molecule has 6 heteroatoms. The number of nitro groups is 1. The Labute approximate surface area is 82.5 Å². The summed E-state index contributed by atoms with van der Waals surface area (Å²) in [4.78, 5) is 9.75. The fourth-order valence-corrected chi connectivity index (χ4v) is 1.11. The summed E-state index contributed by atoms with van der Waals surface area (Å²) in [6, 6.07) is 5.57. The maximum Gasteiger partial charge on any atom is 0.269 e. The van der Waals surface area contributed by atoms with E-state index in [0.717, 1.165) is 5.41 Å². The Hall–Kier alpha value is -1.53. The van der Waals surface area contributed by atoms with Crippen LogP contribution in [-0.2, 0) is 11.1 Å². The van der Waals surface area contributed by atoms with Gasteiger partial charge in [-0.1, -0.05) is 0 Å². The van der Waals surface area contributed by atoms with Gasteiger partial charge in [0.2, 0.25) is 0 Å². The second kappa shape index (κ2) is 4.64. The zero-order chi connectivity index (χ0) is 10.6. The molecule has 5 nitrogen and oxygen atoms in total. The molecule has 0 heterocycles. The minimum absolute atomic E-state index is 0.0228. The van der Waals surface area contributed by atoms with E-state index in [1.54, 1.807) is 0 Å². The average Bonchev–Trinajstić information content (AvgIpc) is 2.15. The molecule has 0 bridgehead atoms. The Bertz CT molecular complexity index is 385. The zero-order valence-electron chi connectivity index (χ0n) is 6.95. The number of benzene rings is 1. The van der Waals surface area contributed by atoms with Gasteiger partial charge in [-0.2, -0.15) is 0 Å². The fraction of sp³-hybridized carbons (Fsp3) is 0. The van der Waals surface area contributed by atoms with Gasteiger partial charge < -0.3 is 4.55 Å². The monoisotopic (exact) mass is 212 g/mol. The van der Waals surface area contributed by atoms with Crippen molar-refractivity contribution >= 4 is 22.8 Å². The van der Waals surface area contributed by atoms with Crippen molar-refractivity contribution in [3.05, 3.63) is 45.4 Å². The van der Waals surface area contributed by atoms with Crippen LogP contribution in [0.25, 0.3) is 6.08 Å². The van der Waals surface area contributed by atoms with Gasteiger partial charge in [-0.25, -0.2) is 0 Å². The molecule has 74 valence electrons. The smallest absolute Gasteiger partial charge is 0.269 e. The summed E-state index contributed by atoms with van der Waals surface area (Å²) in [5.74, 6) is 0. The van der Waals surface area contributed by atoms with Gasteiger partial charge in [0.25, 0.3) is 5.69 Å². The lowest BCUT2D eigenvalue weighted by molar-refractivity contribution is -0.384. The van der Waals surface area contributed by atoms with Crippen molar-refractivity contribution in [2.45, 2.75) is 0 Å². The van der Waals surface area contributed by atoms with E-state index < -0.39 is 16.0 Å². The quantitative estimate of drug-likeness (QED) is 0.431. The molecule has 0 aromatic heterocycles. The summed E-state index contributed by atoms with van der Waals surface area (Å²) in [7, 11) is 0. The third-order valence-electron chi connectivity index (χ3n) is 1.48. The van der Waals surface area contributed by atoms with E-state index in [1.165, 1.54) is 30.3 Å². The summed E-state index contributed by atoms with van der Waals surface area (Å²) in [5.41, 5.74) is 0.574. The molecule has 1 rings (SSSR count). The van der Waals surface area contributed by atoms with E-state index in [2.05, 4.69) is 0 Å². The Morgan fingerprint density at radius 2 is 1.86 bits per heavy atom. The normalized spacial score (nSPS) is 12.9. The van der Waals surface area contributed by atoms with E-state index in [-0.39, 0.29) is 5.69 Å². The maximum atomic E-state index is 10.3. The summed E-state index contributed by atoms with van der Waals surface area (Å²) < 4.78 is 20.3. The lowest BCUT2D eigenvalue weighted by Crippen LogP contribution is -1.86. The SMILES string of the molecule is O=[N+]([O-])c1ccc(/C=C/S(=O)[O-])cc1. The Morgan fingerprint density at radius 1 is 1.29 bits per heavy atom. The first-order chi connectivity index (χ1) is 6.59. The van der Waals surface area contributed by atoms with Crippen molar-refractivity contribution in [3.8, 4) is 0 Å². The first-order valence-corrected chi connectivity index (χ1v) is 4.74. The Balaban J connectivity index is 2.83. The van der Waals surface area contributed by atoms with Gasteiger partial charge in [-0.3, -0.25) is 14.3 Å². The second-order valence-corrected chi connectivity index (χ2v) is 3.21. The molecule has 1 atom stereocenters. The molecule has 1 unspecified atom stereocenters. The van der Waals surface area contributed by atoms with Crippen molar-refractivity contribution in [1.82, 2.24) is 0 Å². The first kappa shape index (κ1) is 10.6. The van der Waals surface area contributed by atoms with Crippen molar-refractivity contribution in [2.24, 2.45) is 0 Å². The Morgan fingerprint density at radius 3 is 2.29 bits per heavy atom. The Kier molecular flexibility index (Phi) is 3.49. The van der Waals surface area contributed by atoms with E-state index >= 15 is 0 Å². The molecule has 0 fully saturated rings. The van der Waals surface area contributed by atoms with Crippen LogP contribution in [0.4, 0.5) is 5.69 Å². The van der Waals surface area contributed by atoms with Crippen LogP contribution >= 0.6 is 0 Å². The summed E-state index contributed by atoms with van der Waals surface area (Å²) in [6.45, 7) is 0. The van der Waals surface area contributed by atoms with Crippen LogP contribution < -0.4 is 0 Å². The fourth-order valence-electron chi connectivity index (χ4n) is 0.841. The van der Waals surface area contributed by atoms with Crippen molar-refractivity contribution < 1.29 is 13.7 Å². The highest BCUT2D eigenvalue weighted by Gasteiger charge is 2.01. The molecule has 0 N–H and O–H groups in total. The molecule has 1 aromatic rings. The lowest BCUT2D eigenvalue weighted by Gasteiger charge is -1.96. The molecular weight excluding hydrogens is 206 g/mol. The predicted molar refractivity (Wildman–Crippen MR) is 51.1 cm³/mol. The number of rotatable bonds is 3. The summed E-state index contributed by atoms with van der Waals surface area (Å²) >= 11 is -2.24. The third-order valence-corrected chi connectivity index (χ3v) is 1.83. The molecule has 0 saturated carbocycles.